The molecule has 1 amide bonds. The molecule has 0 spiro atoms. The molecule has 0 radical (unpaired) electrons. The van der Waals surface area contributed by atoms with E-state index in [9.17, 15) is 4.79 Å². The number of aliphatic imine (C=N–C) groups is 1. The van der Waals surface area contributed by atoms with E-state index < -0.39 is 0 Å². The summed E-state index contributed by atoms with van der Waals surface area (Å²) in [6.45, 7) is 0.924. The fourth-order valence-corrected chi connectivity index (χ4v) is 4.77. The van der Waals surface area contributed by atoms with Gasteiger partial charge in [-0.05, 0) is 38.5 Å². The zero-order valence-corrected chi connectivity index (χ0v) is 19.8. The Hall–Kier alpha value is -0.900. The molecule has 8 heteroatoms. The topological polar surface area (TPSA) is 60.8 Å². The molecule has 1 heterocycles. The van der Waals surface area contributed by atoms with Gasteiger partial charge in [-0.15, -0.1) is 35.3 Å². The van der Waals surface area contributed by atoms with Crippen LogP contribution in [0, 0.1) is 0 Å². The van der Waals surface area contributed by atoms with Crippen LogP contribution in [0.4, 0.5) is 0 Å². The number of nitrogens with zero attached hydrogens (tertiary/aromatic N) is 4. The van der Waals surface area contributed by atoms with Crippen LogP contribution in [0.1, 0.15) is 54.1 Å². The number of halogens is 1. The van der Waals surface area contributed by atoms with Gasteiger partial charge in [-0.1, -0.05) is 12.8 Å². The van der Waals surface area contributed by atoms with E-state index in [1.165, 1.54) is 55.5 Å². The zero-order valence-electron chi connectivity index (χ0n) is 16.7. The van der Waals surface area contributed by atoms with Gasteiger partial charge in [0, 0.05) is 32.1 Å². The molecular weight excluding hydrogens is 473 g/mol. The van der Waals surface area contributed by atoms with Crippen LogP contribution in [0.5, 0.6) is 0 Å². The van der Waals surface area contributed by atoms with Crippen LogP contribution in [-0.4, -0.2) is 60.4 Å². The van der Waals surface area contributed by atoms with Crippen molar-refractivity contribution in [3.63, 3.8) is 0 Å². The highest BCUT2D eigenvalue weighted by Crippen LogP contribution is 2.27. The van der Waals surface area contributed by atoms with Crippen LogP contribution in [0.2, 0.25) is 0 Å². The van der Waals surface area contributed by atoms with E-state index in [4.69, 9.17) is 4.98 Å². The van der Waals surface area contributed by atoms with Crippen LogP contribution in [0.25, 0.3) is 0 Å². The molecule has 1 fully saturated rings. The van der Waals surface area contributed by atoms with Gasteiger partial charge in [-0.2, -0.15) is 0 Å². The SMILES string of the molecule is CN(C)C(=O)CN=C(NC1CCCC1)N(C)Cc1nc2c(s1)CCCC2.I. The molecule has 0 saturated heterocycles. The lowest BCUT2D eigenvalue weighted by molar-refractivity contribution is -0.127. The summed E-state index contributed by atoms with van der Waals surface area (Å²) in [7, 11) is 5.58. The molecule has 2 aliphatic rings. The lowest BCUT2D eigenvalue weighted by Gasteiger charge is -2.24. The first-order valence-corrected chi connectivity index (χ1v) is 10.5. The van der Waals surface area contributed by atoms with Gasteiger partial charge in [0.1, 0.15) is 11.6 Å². The Kier molecular flexibility index (Phi) is 8.78. The summed E-state index contributed by atoms with van der Waals surface area (Å²) in [6, 6.07) is 0.468. The Bertz CT molecular complexity index is 631. The monoisotopic (exact) mass is 505 g/mol. The van der Waals surface area contributed by atoms with Crippen molar-refractivity contribution in [2.24, 2.45) is 4.99 Å². The molecule has 0 bridgehead atoms. The number of fused-ring (bicyclic) bond motifs is 1. The molecule has 6 nitrogen and oxygen atoms in total. The third-order valence-corrected chi connectivity index (χ3v) is 6.32. The van der Waals surface area contributed by atoms with Gasteiger partial charge >= 0.3 is 0 Å². The minimum atomic E-state index is 0. The number of aromatic nitrogens is 1. The summed E-state index contributed by atoms with van der Waals surface area (Å²) in [6.07, 6.45) is 9.74. The molecule has 0 aliphatic heterocycles. The average Bonchev–Trinajstić information content (AvgIpc) is 3.26. The molecule has 152 valence electrons. The van der Waals surface area contributed by atoms with E-state index >= 15 is 0 Å². The number of nitrogens with one attached hydrogen (secondary N) is 1. The van der Waals surface area contributed by atoms with Crippen molar-refractivity contribution in [2.75, 3.05) is 27.7 Å². The van der Waals surface area contributed by atoms with Crippen LogP contribution in [0.15, 0.2) is 4.99 Å². The highest BCUT2D eigenvalue weighted by molar-refractivity contribution is 14.0. The maximum absolute atomic E-state index is 12.0. The second-order valence-corrected chi connectivity index (χ2v) is 8.76. The van der Waals surface area contributed by atoms with Crippen molar-refractivity contribution >= 4 is 47.2 Å². The van der Waals surface area contributed by atoms with Gasteiger partial charge in [-0.3, -0.25) is 4.79 Å². The van der Waals surface area contributed by atoms with Crippen LogP contribution >= 0.6 is 35.3 Å². The number of thiazole rings is 1. The number of hydrogen-bond donors (Lipinski definition) is 1. The molecule has 1 saturated carbocycles. The number of likely N-dealkylation sites (N-methyl/N-ethyl adjacent to an activating group) is 1. The standard InChI is InChI=1S/C19H31N5OS.HI/c1-23(2)18(25)12-20-19(21-14-8-4-5-9-14)24(3)13-17-22-15-10-6-7-11-16(15)26-17;/h14H,4-13H2,1-3H3,(H,20,21);1H. The molecule has 0 unspecified atom stereocenters. The predicted molar refractivity (Wildman–Crippen MR) is 122 cm³/mol. The van der Waals surface area contributed by atoms with Crippen molar-refractivity contribution in [3.8, 4) is 0 Å². The van der Waals surface area contributed by atoms with Crippen LogP contribution in [0.3, 0.4) is 0 Å². The largest absolute Gasteiger partial charge is 0.353 e. The van der Waals surface area contributed by atoms with Crippen molar-refractivity contribution < 1.29 is 4.79 Å². The van der Waals surface area contributed by atoms with E-state index in [1.54, 1.807) is 19.0 Å². The van der Waals surface area contributed by atoms with Gasteiger partial charge in [-0.25, -0.2) is 9.98 Å². The summed E-state index contributed by atoms with van der Waals surface area (Å²) in [4.78, 5) is 26.6. The van der Waals surface area contributed by atoms with Crippen LogP contribution in [-0.2, 0) is 24.2 Å². The Labute approximate surface area is 183 Å². The van der Waals surface area contributed by atoms with Gasteiger partial charge in [0.05, 0.1) is 12.2 Å². The van der Waals surface area contributed by atoms with E-state index in [-0.39, 0.29) is 36.4 Å². The number of guanidine groups is 1. The Balaban J connectivity index is 0.00000261. The van der Waals surface area contributed by atoms with Gasteiger partial charge in [0.2, 0.25) is 5.91 Å². The summed E-state index contributed by atoms with van der Waals surface area (Å²) >= 11 is 1.84. The minimum Gasteiger partial charge on any atom is -0.353 e. The summed E-state index contributed by atoms with van der Waals surface area (Å²) in [5.41, 5.74) is 1.30. The number of amides is 1. The van der Waals surface area contributed by atoms with Crippen molar-refractivity contribution in [1.82, 2.24) is 20.1 Å². The molecule has 1 aromatic heterocycles. The highest BCUT2D eigenvalue weighted by atomic mass is 127. The van der Waals surface area contributed by atoms with Gasteiger partial charge in [0.25, 0.3) is 0 Å². The first-order chi connectivity index (χ1) is 12.5. The first-order valence-electron chi connectivity index (χ1n) is 9.72. The first kappa shape index (κ1) is 22.4. The highest BCUT2D eigenvalue weighted by Gasteiger charge is 2.21. The summed E-state index contributed by atoms with van der Waals surface area (Å²) in [5.74, 6) is 0.842. The Morgan fingerprint density at radius 3 is 2.56 bits per heavy atom. The van der Waals surface area contributed by atoms with Crippen molar-refractivity contribution in [2.45, 2.75) is 64.0 Å². The van der Waals surface area contributed by atoms with E-state index in [2.05, 4.69) is 15.2 Å². The third kappa shape index (κ3) is 6.30. The molecule has 0 atom stereocenters. The molecule has 0 aromatic carbocycles. The van der Waals surface area contributed by atoms with E-state index in [0.29, 0.717) is 6.04 Å². The van der Waals surface area contributed by atoms with Gasteiger partial charge < -0.3 is 15.1 Å². The number of rotatable bonds is 5. The molecule has 27 heavy (non-hydrogen) atoms. The third-order valence-electron chi connectivity index (χ3n) is 5.18. The summed E-state index contributed by atoms with van der Waals surface area (Å²) in [5, 5.41) is 4.73. The van der Waals surface area contributed by atoms with E-state index in [0.717, 1.165) is 23.9 Å². The number of hydrogen-bond acceptors (Lipinski definition) is 4. The van der Waals surface area contributed by atoms with Crippen molar-refractivity contribution in [1.29, 1.82) is 0 Å². The second-order valence-electron chi connectivity index (χ2n) is 7.59. The molecule has 3 rings (SSSR count). The normalized spacial score (nSPS) is 17.2. The zero-order chi connectivity index (χ0) is 18.5. The fraction of sp³-hybridized carbons (Fsp3) is 0.737. The molecular formula is C19H32IN5OS. The summed E-state index contributed by atoms with van der Waals surface area (Å²) < 4.78 is 0. The average molecular weight is 505 g/mol. The lowest BCUT2D eigenvalue weighted by atomic mass is 10.0. The minimum absolute atomic E-state index is 0. The Morgan fingerprint density at radius 1 is 1.19 bits per heavy atom. The molecule has 2 aliphatic carbocycles. The fourth-order valence-electron chi connectivity index (χ4n) is 3.56. The second kappa shape index (κ2) is 10.6. The van der Waals surface area contributed by atoms with Gasteiger partial charge in [0.15, 0.2) is 5.96 Å². The molecule has 1 N–H and O–H groups in total. The Morgan fingerprint density at radius 2 is 1.89 bits per heavy atom. The maximum atomic E-state index is 12.0. The van der Waals surface area contributed by atoms with Crippen molar-refractivity contribution in [3.05, 3.63) is 15.6 Å². The van der Waals surface area contributed by atoms with E-state index in [1.807, 2.05) is 18.4 Å². The quantitative estimate of drug-likeness (QED) is 0.380. The smallest absolute Gasteiger partial charge is 0.243 e. The predicted octanol–water partition coefficient (Wildman–Crippen LogP) is 3.05. The number of carbonyl (C=O) groups is 1. The number of aryl methyl sites for hydroxylation is 2. The number of carbonyl (C=O) groups excluding carboxylic acids is 1. The molecule has 1 aromatic rings. The lowest BCUT2D eigenvalue weighted by Crippen LogP contribution is -2.43. The maximum Gasteiger partial charge on any atom is 0.243 e. The van der Waals surface area contributed by atoms with Crippen LogP contribution < -0.4 is 5.32 Å².